The molecular formula is C21H34N4O2. The van der Waals surface area contributed by atoms with Crippen molar-refractivity contribution in [3.8, 4) is 0 Å². The van der Waals surface area contributed by atoms with E-state index in [-0.39, 0.29) is 17.4 Å². The first kappa shape index (κ1) is 20.1. The van der Waals surface area contributed by atoms with Gasteiger partial charge in [-0.3, -0.25) is 4.79 Å². The molecule has 1 saturated heterocycles. The van der Waals surface area contributed by atoms with Gasteiger partial charge in [-0.1, -0.05) is 20.8 Å². The van der Waals surface area contributed by atoms with Gasteiger partial charge in [0.25, 0.3) is 0 Å². The molecule has 1 unspecified atom stereocenters. The lowest BCUT2D eigenvalue weighted by Gasteiger charge is -2.35. The zero-order chi connectivity index (χ0) is 19.6. The molecule has 1 aromatic rings. The summed E-state index contributed by atoms with van der Waals surface area (Å²) in [5.74, 6) is 1.50. The van der Waals surface area contributed by atoms with Crippen LogP contribution < -0.4 is 5.32 Å². The molecule has 150 valence electrons. The van der Waals surface area contributed by atoms with Crippen molar-refractivity contribution in [1.29, 1.82) is 0 Å². The van der Waals surface area contributed by atoms with Crippen LogP contribution in [0.2, 0.25) is 0 Å². The van der Waals surface area contributed by atoms with Crippen LogP contribution in [0, 0.1) is 11.8 Å². The number of fused-ring (bicyclic) bond motifs is 1. The molecule has 2 aliphatic heterocycles. The Labute approximate surface area is 163 Å². The summed E-state index contributed by atoms with van der Waals surface area (Å²) in [6.45, 7) is 12.8. The van der Waals surface area contributed by atoms with Crippen LogP contribution in [-0.4, -0.2) is 40.0 Å². The molecule has 0 aromatic carbocycles. The Morgan fingerprint density at radius 3 is 2.70 bits per heavy atom. The highest BCUT2D eigenvalue weighted by Gasteiger charge is 2.43. The molecule has 1 aromatic heterocycles. The lowest BCUT2D eigenvalue weighted by atomic mass is 9.91. The van der Waals surface area contributed by atoms with Crippen molar-refractivity contribution >= 4 is 11.9 Å². The minimum absolute atomic E-state index is 0.0754. The van der Waals surface area contributed by atoms with Gasteiger partial charge in [0.2, 0.25) is 11.9 Å². The van der Waals surface area contributed by atoms with E-state index in [2.05, 4.69) is 44.9 Å². The fraction of sp³-hybridized carbons (Fsp3) is 0.762. The molecule has 1 fully saturated rings. The monoisotopic (exact) mass is 374 g/mol. The number of amides is 1. The van der Waals surface area contributed by atoms with Crippen LogP contribution in [-0.2, 0) is 21.6 Å². The van der Waals surface area contributed by atoms with E-state index in [9.17, 15) is 4.79 Å². The third-order valence-electron chi connectivity index (χ3n) is 5.93. The van der Waals surface area contributed by atoms with Crippen molar-refractivity contribution in [3.63, 3.8) is 0 Å². The Bertz CT molecular complexity index is 668. The zero-order valence-electron chi connectivity index (χ0n) is 17.4. The van der Waals surface area contributed by atoms with Gasteiger partial charge in [0.1, 0.15) is 0 Å². The summed E-state index contributed by atoms with van der Waals surface area (Å²) in [5, 5.41) is 3.44. The smallest absolute Gasteiger partial charge is 0.226 e. The predicted octanol–water partition coefficient (Wildman–Crippen LogP) is 3.72. The molecule has 1 amide bonds. The topological polar surface area (TPSA) is 67.4 Å². The number of hydrogen-bond acceptors (Lipinski definition) is 5. The van der Waals surface area contributed by atoms with Crippen LogP contribution in [0.15, 0.2) is 6.20 Å². The molecule has 6 heteroatoms. The summed E-state index contributed by atoms with van der Waals surface area (Å²) >= 11 is 0. The summed E-state index contributed by atoms with van der Waals surface area (Å²) in [6, 6.07) is 0.361. The molecule has 3 rings (SSSR count). The van der Waals surface area contributed by atoms with Gasteiger partial charge in [0, 0.05) is 36.9 Å². The standard InChI is InChI=1S/C21H34N4O2/c1-6-15(11-14(2)3)19(26)25-13-18-17(21(25,4)5)12-22-20(24-18)23-16-7-9-27-10-8-16/h12,14-16H,6-11,13H2,1-5H3,(H,22,23,24). The average molecular weight is 375 g/mol. The highest BCUT2D eigenvalue weighted by molar-refractivity contribution is 5.80. The van der Waals surface area contributed by atoms with E-state index in [0.717, 1.165) is 50.2 Å². The van der Waals surface area contributed by atoms with Gasteiger partial charge in [-0.15, -0.1) is 0 Å². The molecule has 0 bridgehead atoms. The number of aromatic nitrogens is 2. The van der Waals surface area contributed by atoms with Gasteiger partial charge in [-0.25, -0.2) is 9.97 Å². The molecule has 0 spiro atoms. The third-order valence-corrected chi connectivity index (χ3v) is 5.93. The number of ether oxygens (including phenoxy) is 1. The van der Waals surface area contributed by atoms with E-state index in [1.807, 2.05) is 11.1 Å². The minimum Gasteiger partial charge on any atom is -0.381 e. The molecule has 1 atom stereocenters. The molecule has 0 radical (unpaired) electrons. The van der Waals surface area contributed by atoms with Crippen molar-refractivity contribution < 1.29 is 9.53 Å². The quantitative estimate of drug-likeness (QED) is 0.822. The van der Waals surface area contributed by atoms with Crippen molar-refractivity contribution in [1.82, 2.24) is 14.9 Å². The number of carbonyl (C=O) groups excluding carboxylic acids is 1. The van der Waals surface area contributed by atoms with Gasteiger partial charge >= 0.3 is 0 Å². The number of anilines is 1. The predicted molar refractivity (Wildman–Crippen MR) is 106 cm³/mol. The number of carbonyl (C=O) groups is 1. The Kier molecular flexibility index (Phi) is 6.04. The molecule has 27 heavy (non-hydrogen) atoms. The normalized spacial score (nSPS) is 20.6. The zero-order valence-corrected chi connectivity index (χ0v) is 17.4. The summed E-state index contributed by atoms with van der Waals surface area (Å²) in [5.41, 5.74) is 1.67. The lowest BCUT2D eigenvalue weighted by Crippen LogP contribution is -2.43. The molecule has 0 saturated carbocycles. The van der Waals surface area contributed by atoms with Crippen LogP contribution in [0.5, 0.6) is 0 Å². The van der Waals surface area contributed by atoms with E-state index in [0.29, 0.717) is 24.5 Å². The molecular weight excluding hydrogens is 340 g/mol. The van der Waals surface area contributed by atoms with Crippen LogP contribution in [0.25, 0.3) is 0 Å². The highest BCUT2D eigenvalue weighted by atomic mass is 16.5. The fourth-order valence-corrected chi connectivity index (χ4v) is 4.22. The highest BCUT2D eigenvalue weighted by Crippen LogP contribution is 2.39. The molecule has 6 nitrogen and oxygen atoms in total. The number of nitrogens with one attached hydrogen (secondary N) is 1. The van der Waals surface area contributed by atoms with Crippen molar-refractivity contribution in [2.75, 3.05) is 18.5 Å². The SMILES string of the molecule is CCC(CC(C)C)C(=O)N1Cc2nc(NC3CCOCC3)ncc2C1(C)C. The first-order valence-electron chi connectivity index (χ1n) is 10.3. The number of nitrogens with zero attached hydrogens (tertiary/aromatic N) is 3. The number of rotatable bonds is 6. The Balaban J connectivity index is 1.76. The van der Waals surface area contributed by atoms with E-state index >= 15 is 0 Å². The maximum atomic E-state index is 13.2. The second-order valence-corrected chi connectivity index (χ2v) is 8.80. The van der Waals surface area contributed by atoms with Crippen LogP contribution in [0.3, 0.4) is 0 Å². The molecule has 0 aliphatic carbocycles. The minimum atomic E-state index is -0.367. The Morgan fingerprint density at radius 2 is 2.07 bits per heavy atom. The third kappa shape index (κ3) is 4.26. The second-order valence-electron chi connectivity index (χ2n) is 8.80. The molecule has 3 heterocycles. The maximum Gasteiger partial charge on any atom is 0.226 e. The van der Waals surface area contributed by atoms with Crippen LogP contribution in [0.4, 0.5) is 5.95 Å². The fourth-order valence-electron chi connectivity index (χ4n) is 4.22. The van der Waals surface area contributed by atoms with E-state index in [1.165, 1.54) is 0 Å². The van der Waals surface area contributed by atoms with Gasteiger partial charge in [-0.05, 0) is 45.4 Å². The van der Waals surface area contributed by atoms with E-state index < -0.39 is 0 Å². The lowest BCUT2D eigenvalue weighted by molar-refractivity contribution is -0.141. The first-order valence-corrected chi connectivity index (χ1v) is 10.3. The molecule has 1 N–H and O–H groups in total. The summed E-state index contributed by atoms with van der Waals surface area (Å²) < 4.78 is 5.41. The van der Waals surface area contributed by atoms with Crippen molar-refractivity contribution in [2.24, 2.45) is 11.8 Å². The Morgan fingerprint density at radius 1 is 1.37 bits per heavy atom. The van der Waals surface area contributed by atoms with Gasteiger partial charge in [0.05, 0.1) is 17.8 Å². The summed E-state index contributed by atoms with van der Waals surface area (Å²) in [7, 11) is 0. The largest absolute Gasteiger partial charge is 0.381 e. The van der Waals surface area contributed by atoms with Crippen LogP contribution in [0.1, 0.15) is 71.6 Å². The maximum absolute atomic E-state index is 13.2. The second kappa shape index (κ2) is 8.13. The van der Waals surface area contributed by atoms with Crippen LogP contribution >= 0.6 is 0 Å². The van der Waals surface area contributed by atoms with Gasteiger partial charge in [-0.2, -0.15) is 0 Å². The Hall–Kier alpha value is -1.69. The molecule has 2 aliphatic rings. The van der Waals surface area contributed by atoms with Crippen molar-refractivity contribution in [2.45, 2.75) is 78.4 Å². The van der Waals surface area contributed by atoms with Crippen molar-refractivity contribution in [3.05, 3.63) is 17.5 Å². The van der Waals surface area contributed by atoms with E-state index in [4.69, 9.17) is 9.72 Å². The average Bonchev–Trinajstić information content (AvgIpc) is 2.90. The first-order chi connectivity index (χ1) is 12.8. The number of hydrogen-bond donors (Lipinski definition) is 1. The summed E-state index contributed by atoms with van der Waals surface area (Å²) in [4.78, 5) is 24.6. The van der Waals surface area contributed by atoms with Gasteiger partial charge in [0.15, 0.2) is 0 Å². The summed E-state index contributed by atoms with van der Waals surface area (Å²) in [6.07, 6.45) is 5.66. The van der Waals surface area contributed by atoms with E-state index in [1.54, 1.807) is 0 Å². The van der Waals surface area contributed by atoms with Gasteiger partial charge < -0.3 is 15.0 Å².